The third-order valence-corrected chi connectivity index (χ3v) is 6.53. The monoisotopic (exact) mass is 415 g/mol. The maximum atomic E-state index is 12.8. The van der Waals surface area contributed by atoms with Gasteiger partial charge < -0.3 is 9.88 Å². The summed E-state index contributed by atoms with van der Waals surface area (Å²) in [5.74, 6) is 2.36. The van der Waals surface area contributed by atoms with E-state index < -0.39 is 0 Å². The van der Waals surface area contributed by atoms with Crippen molar-refractivity contribution in [3.63, 3.8) is 0 Å². The molecule has 1 amide bonds. The Morgan fingerprint density at radius 1 is 0.968 bits per heavy atom. The number of aryl methyl sites for hydroxylation is 2. The number of benzene rings is 2. The van der Waals surface area contributed by atoms with E-state index in [0.717, 1.165) is 44.0 Å². The zero-order valence-electron chi connectivity index (χ0n) is 18.2. The van der Waals surface area contributed by atoms with Crippen molar-refractivity contribution in [2.45, 2.75) is 39.9 Å². The van der Waals surface area contributed by atoms with Crippen molar-refractivity contribution in [1.82, 2.24) is 25.0 Å². The third-order valence-electron chi connectivity index (χ3n) is 6.53. The first kappa shape index (κ1) is 19.9. The van der Waals surface area contributed by atoms with Gasteiger partial charge in [-0.3, -0.25) is 9.69 Å². The molecule has 0 saturated carbocycles. The number of amides is 1. The zero-order chi connectivity index (χ0) is 21.4. The summed E-state index contributed by atoms with van der Waals surface area (Å²) in [5, 5.41) is 11.6. The van der Waals surface area contributed by atoms with E-state index in [1.165, 1.54) is 16.7 Å². The van der Waals surface area contributed by atoms with Crippen LogP contribution in [0.3, 0.4) is 0 Å². The molecule has 1 fully saturated rings. The van der Waals surface area contributed by atoms with Crippen LogP contribution in [-0.2, 0) is 26.1 Å². The van der Waals surface area contributed by atoms with Gasteiger partial charge in [0, 0.05) is 39.1 Å². The lowest BCUT2D eigenvalue weighted by Gasteiger charge is -2.25. The first-order valence-electron chi connectivity index (χ1n) is 11.1. The van der Waals surface area contributed by atoms with E-state index in [2.05, 4.69) is 52.5 Å². The molecule has 2 aromatic carbocycles. The number of nitrogens with one attached hydrogen (secondary N) is 1. The minimum atomic E-state index is -0.147. The predicted molar refractivity (Wildman–Crippen MR) is 120 cm³/mol. The van der Waals surface area contributed by atoms with Gasteiger partial charge in [0.2, 0.25) is 5.82 Å². The maximum absolute atomic E-state index is 12.8. The fraction of sp³-hybridized carbons (Fsp3) is 0.400. The molecule has 160 valence electrons. The molecule has 2 aliphatic heterocycles. The Kier molecular flexibility index (Phi) is 5.32. The van der Waals surface area contributed by atoms with Crippen molar-refractivity contribution in [3.8, 4) is 0 Å². The Morgan fingerprint density at radius 3 is 2.48 bits per heavy atom. The van der Waals surface area contributed by atoms with Crippen molar-refractivity contribution in [3.05, 3.63) is 82.4 Å². The van der Waals surface area contributed by atoms with Crippen LogP contribution in [0.25, 0.3) is 0 Å². The standard InChI is InChI=1S/C25H29N5O/c1-17-8-18(2)10-20(9-17)13-29-14-21-11-23-27-28-24(30(23)16-22(21)15-29)25(31)26-12-19-6-4-3-5-7-19/h3-10,21-22H,11-16H2,1-2H3,(H,26,31)/t21-,22-/m1/s1. The van der Waals surface area contributed by atoms with E-state index in [9.17, 15) is 4.79 Å². The number of nitrogens with zero attached hydrogens (tertiary/aromatic N) is 4. The maximum Gasteiger partial charge on any atom is 0.289 e. The van der Waals surface area contributed by atoms with Gasteiger partial charge in [0.15, 0.2) is 0 Å². The summed E-state index contributed by atoms with van der Waals surface area (Å²) in [6.45, 7) is 8.77. The van der Waals surface area contributed by atoms with Crippen molar-refractivity contribution in [1.29, 1.82) is 0 Å². The average molecular weight is 416 g/mol. The molecule has 6 nitrogen and oxygen atoms in total. The van der Waals surface area contributed by atoms with Crippen LogP contribution in [-0.4, -0.2) is 38.7 Å². The summed E-state index contributed by atoms with van der Waals surface area (Å²) in [7, 11) is 0. The molecule has 0 bridgehead atoms. The fourth-order valence-electron chi connectivity index (χ4n) is 5.19. The lowest BCUT2D eigenvalue weighted by molar-refractivity contribution is 0.0932. The van der Waals surface area contributed by atoms with Crippen LogP contribution in [0.2, 0.25) is 0 Å². The molecule has 1 saturated heterocycles. The van der Waals surface area contributed by atoms with E-state index in [1.54, 1.807) is 0 Å². The molecule has 31 heavy (non-hydrogen) atoms. The van der Waals surface area contributed by atoms with Crippen molar-refractivity contribution >= 4 is 5.91 Å². The number of carbonyl (C=O) groups is 1. The highest BCUT2D eigenvalue weighted by Gasteiger charge is 2.39. The Morgan fingerprint density at radius 2 is 1.71 bits per heavy atom. The second-order valence-corrected chi connectivity index (χ2v) is 9.13. The predicted octanol–water partition coefficient (Wildman–Crippen LogP) is 3.13. The Balaban J connectivity index is 1.24. The molecule has 5 rings (SSSR count). The number of aromatic nitrogens is 3. The van der Waals surface area contributed by atoms with Crippen molar-refractivity contribution in [2.24, 2.45) is 11.8 Å². The molecule has 0 radical (unpaired) electrons. The second-order valence-electron chi connectivity index (χ2n) is 9.13. The van der Waals surface area contributed by atoms with Gasteiger partial charge in [0.25, 0.3) is 5.91 Å². The summed E-state index contributed by atoms with van der Waals surface area (Å²) in [6.07, 6.45) is 0.896. The second kappa shape index (κ2) is 8.27. The zero-order valence-corrected chi connectivity index (χ0v) is 18.2. The number of rotatable bonds is 5. The molecule has 2 aliphatic rings. The van der Waals surface area contributed by atoms with E-state index in [1.807, 2.05) is 34.9 Å². The Labute approximate surface area is 183 Å². The molecule has 0 aliphatic carbocycles. The lowest BCUT2D eigenvalue weighted by Crippen LogP contribution is -2.32. The number of fused-ring (bicyclic) bond motifs is 2. The lowest BCUT2D eigenvalue weighted by atomic mass is 9.89. The normalized spacial score (nSPS) is 20.3. The summed E-state index contributed by atoms with van der Waals surface area (Å²) < 4.78 is 2.04. The van der Waals surface area contributed by atoms with Gasteiger partial charge in [-0.25, -0.2) is 0 Å². The van der Waals surface area contributed by atoms with Gasteiger partial charge >= 0.3 is 0 Å². The first-order chi connectivity index (χ1) is 15.0. The molecule has 1 aromatic heterocycles. The molecule has 2 atom stereocenters. The Bertz CT molecular complexity index is 1070. The number of likely N-dealkylation sites (tertiary alicyclic amines) is 1. The van der Waals surface area contributed by atoms with E-state index in [4.69, 9.17) is 0 Å². The highest BCUT2D eigenvalue weighted by atomic mass is 16.2. The fourth-order valence-corrected chi connectivity index (χ4v) is 5.19. The van der Waals surface area contributed by atoms with Gasteiger partial charge in [-0.1, -0.05) is 59.7 Å². The molecule has 6 heteroatoms. The third kappa shape index (κ3) is 4.26. The largest absolute Gasteiger partial charge is 0.345 e. The van der Waals surface area contributed by atoms with Crippen LogP contribution in [0, 0.1) is 25.7 Å². The first-order valence-corrected chi connectivity index (χ1v) is 11.1. The number of carbonyl (C=O) groups excluding carboxylic acids is 1. The molecular formula is C25H29N5O. The van der Waals surface area contributed by atoms with E-state index >= 15 is 0 Å². The van der Waals surface area contributed by atoms with Crippen LogP contribution >= 0.6 is 0 Å². The van der Waals surface area contributed by atoms with Crippen LogP contribution in [0.1, 0.15) is 38.7 Å². The van der Waals surface area contributed by atoms with Gasteiger partial charge in [0.05, 0.1) is 0 Å². The highest BCUT2D eigenvalue weighted by Crippen LogP contribution is 2.33. The minimum absolute atomic E-state index is 0.147. The van der Waals surface area contributed by atoms with E-state index in [0.29, 0.717) is 24.2 Å². The van der Waals surface area contributed by atoms with Crippen molar-refractivity contribution in [2.75, 3.05) is 13.1 Å². The molecule has 3 heterocycles. The van der Waals surface area contributed by atoms with Gasteiger partial charge in [0.1, 0.15) is 5.82 Å². The number of hydrogen-bond acceptors (Lipinski definition) is 4. The van der Waals surface area contributed by atoms with Crippen LogP contribution < -0.4 is 5.32 Å². The minimum Gasteiger partial charge on any atom is -0.345 e. The van der Waals surface area contributed by atoms with Crippen LogP contribution in [0.15, 0.2) is 48.5 Å². The van der Waals surface area contributed by atoms with E-state index in [-0.39, 0.29) is 5.91 Å². The van der Waals surface area contributed by atoms with Crippen LogP contribution in [0.4, 0.5) is 0 Å². The van der Waals surface area contributed by atoms with Gasteiger partial charge in [-0.15, -0.1) is 10.2 Å². The summed E-state index contributed by atoms with van der Waals surface area (Å²) in [6, 6.07) is 16.7. The molecular weight excluding hydrogens is 386 g/mol. The van der Waals surface area contributed by atoms with Crippen molar-refractivity contribution < 1.29 is 4.79 Å². The highest BCUT2D eigenvalue weighted by molar-refractivity contribution is 5.90. The quantitative estimate of drug-likeness (QED) is 0.695. The molecule has 0 spiro atoms. The average Bonchev–Trinajstić information content (AvgIpc) is 3.32. The van der Waals surface area contributed by atoms with Gasteiger partial charge in [-0.2, -0.15) is 0 Å². The van der Waals surface area contributed by atoms with Crippen LogP contribution in [0.5, 0.6) is 0 Å². The summed E-state index contributed by atoms with van der Waals surface area (Å²) in [5.41, 5.74) is 5.11. The number of hydrogen-bond donors (Lipinski definition) is 1. The van der Waals surface area contributed by atoms with Gasteiger partial charge in [-0.05, 0) is 36.8 Å². The topological polar surface area (TPSA) is 63.1 Å². The molecule has 1 N–H and O–H groups in total. The molecule has 0 unspecified atom stereocenters. The Hall–Kier alpha value is -2.99. The smallest absolute Gasteiger partial charge is 0.289 e. The summed E-state index contributed by atoms with van der Waals surface area (Å²) >= 11 is 0. The SMILES string of the molecule is Cc1cc(C)cc(CN2C[C@H]3Cc4nnc(C(=O)NCc5ccccc5)n4C[C@H]3C2)c1. The summed E-state index contributed by atoms with van der Waals surface area (Å²) in [4.78, 5) is 15.3. The molecule has 3 aromatic rings.